The maximum absolute atomic E-state index is 12.7. The molecule has 4 nitrogen and oxygen atoms in total. The molecular weight excluding hydrogens is 262 g/mol. The second-order valence-corrected chi connectivity index (χ2v) is 6.08. The second-order valence-electron chi connectivity index (χ2n) is 5.08. The Bertz CT molecular complexity index is 513. The van der Waals surface area contributed by atoms with Gasteiger partial charge in [0.25, 0.3) is 0 Å². The van der Waals surface area contributed by atoms with Gasteiger partial charge < -0.3 is 10.0 Å². The zero-order valence-corrected chi connectivity index (χ0v) is 11.2. The summed E-state index contributed by atoms with van der Waals surface area (Å²) in [7, 11) is 0. The van der Waals surface area contributed by atoms with Gasteiger partial charge in [-0.15, -0.1) is 11.8 Å². The van der Waals surface area contributed by atoms with Crippen molar-refractivity contribution in [2.75, 3.05) is 11.6 Å². The van der Waals surface area contributed by atoms with Crippen molar-refractivity contribution in [3.63, 3.8) is 0 Å². The maximum atomic E-state index is 12.7. The normalized spacial score (nSPS) is 24.2. The fourth-order valence-corrected chi connectivity index (χ4v) is 3.78. The van der Waals surface area contributed by atoms with Crippen molar-refractivity contribution in [1.29, 1.82) is 0 Å². The zero-order valence-electron chi connectivity index (χ0n) is 10.4. The van der Waals surface area contributed by atoms with Gasteiger partial charge in [0.2, 0.25) is 5.91 Å². The summed E-state index contributed by atoms with van der Waals surface area (Å²) in [4.78, 5) is 25.4. The Morgan fingerprint density at radius 1 is 1.26 bits per heavy atom. The summed E-state index contributed by atoms with van der Waals surface area (Å²) in [6.45, 7) is 0. The van der Waals surface area contributed by atoms with Gasteiger partial charge >= 0.3 is 5.97 Å². The number of aliphatic carboxylic acids is 1. The average molecular weight is 277 g/mol. The molecule has 5 heteroatoms. The van der Waals surface area contributed by atoms with Crippen molar-refractivity contribution in [3.8, 4) is 0 Å². The summed E-state index contributed by atoms with van der Waals surface area (Å²) in [5.41, 5.74) is 0.556. The van der Waals surface area contributed by atoms with Crippen LogP contribution in [0.3, 0.4) is 0 Å². The standard InChI is InChI=1S/C14H15NO3S/c16-12(17)11-8-19-9-15(11)13(18)14(6-7-14)10-4-2-1-3-5-10/h1-5,11H,6-9H2,(H,16,17). The number of hydrogen-bond donors (Lipinski definition) is 1. The first-order chi connectivity index (χ1) is 9.15. The highest BCUT2D eigenvalue weighted by atomic mass is 32.2. The molecule has 3 rings (SSSR count). The summed E-state index contributed by atoms with van der Waals surface area (Å²) < 4.78 is 0. The Balaban J connectivity index is 1.86. The van der Waals surface area contributed by atoms with Crippen LogP contribution < -0.4 is 0 Å². The van der Waals surface area contributed by atoms with E-state index in [-0.39, 0.29) is 5.91 Å². The Morgan fingerprint density at radius 3 is 2.53 bits per heavy atom. The van der Waals surface area contributed by atoms with E-state index in [1.54, 1.807) is 0 Å². The monoisotopic (exact) mass is 277 g/mol. The summed E-state index contributed by atoms with van der Waals surface area (Å²) in [5, 5.41) is 9.18. The number of benzene rings is 1. The predicted molar refractivity (Wildman–Crippen MR) is 72.9 cm³/mol. The second kappa shape index (κ2) is 4.56. The molecule has 1 saturated heterocycles. The van der Waals surface area contributed by atoms with Crippen LogP contribution in [0.5, 0.6) is 0 Å². The third-order valence-corrected chi connectivity index (χ3v) is 4.93. The molecule has 1 N–H and O–H groups in total. The van der Waals surface area contributed by atoms with Crippen LogP contribution in [0.1, 0.15) is 18.4 Å². The third kappa shape index (κ3) is 2.02. The minimum absolute atomic E-state index is 0.0175. The maximum Gasteiger partial charge on any atom is 0.327 e. The van der Waals surface area contributed by atoms with Crippen molar-refractivity contribution >= 4 is 23.6 Å². The number of amides is 1. The molecule has 2 fully saturated rings. The van der Waals surface area contributed by atoms with Crippen molar-refractivity contribution < 1.29 is 14.7 Å². The van der Waals surface area contributed by atoms with Gasteiger partial charge in [-0.05, 0) is 18.4 Å². The smallest absolute Gasteiger partial charge is 0.327 e. The lowest BCUT2D eigenvalue weighted by Crippen LogP contribution is -2.46. The first-order valence-electron chi connectivity index (χ1n) is 6.32. The van der Waals surface area contributed by atoms with Crippen molar-refractivity contribution in [2.24, 2.45) is 0 Å². The van der Waals surface area contributed by atoms with E-state index >= 15 is 0 Å². The molecule has 0 radical (unpaired) electrons. The van der Waals surface area contributed by atoms with E-state index in [1.807, 2.05) is 30.3 Å². The average Bonchev–Trinajstić information content (AvgIpc) is 3.08. The number of thioether (sulfide) groups is 1. The largest absolute Gasteiger partial charge is 0.480 e. The highest BCUT2D eigenvalue weighted by Gasteiger charge is 2.55. The molecule has 0 spiro atoms. The van der Waals surface area contributed by atoms with Crippen LogP contribution in [0.25, 0.3) is 0 Å². The molecule has 1 aromatic carbocycles. The predicted octanol–water partition coefficient (Wildman–Crippen LogP) is 1.70. The number of nitrogens with zero attached hydrogens (tertiary/aromatic N) is 1. The molecule has 1 aromatic rings. The minimum atomic E-state index is -0.901. The van der Waals surface area contributed by atoms with Gasteiger partial charge in [-0.1, -0.05) is 30.3 Å². The molecule has 0 aromatic heterocycles. The summed E-state index contributed by atoms with van der Waals surface area (Å²) >= 11 is 1.51. The Morgan fingerprint density at radius 2 is 1.95 bits per heavy atom. The lowest BCUT2D eigenvalue weighted by molar-refractivity contribution is -0.148. The van der Waals surface area contributed by atoms with E-state index < -0.39 is 17.4 Å². The molecular formula is C14H15NO3S. The molecule has 1 amide bonds. The van der Waals surface area contributed by atoms with Crippen LogP contribution in [0.15, 0.2) is 30.3 Å². The quantitative estimate of drug-likeness (QED) is 0.913. The van der Waals surface area contributed by atoms with Gasteiger partial charge in [-0.2, -0.15) is 0 Å². The number of carbonyl (C=O) groups is 2. The molecule has 1 aliphatic heterocycles. The van der Waals surface area contributed by atoms with Crippen molar-refractivity contribution in [3.05, 3.63) is 35.9 Å². The topological polar surface area (TPSA) is 57.6 Å². The van der Waals surface area contributed by atoms with Gasteiger partial charge in [0.1, 0.15) is 6.04 Å². The van der Waals surface area contributed by atoms with Gasteiger partial charge in [0.05, 0.1) is 11.3 Å². The zero-order chi connectivity index (χ0) is 13.5. The van der Waals surface area contributed by atoms with E-state index in [9.17, 15) is 14.7 Å². The summed E-state index contributed by atoms with van der Waals surface area (Å²) in [5.74, 6) is 0.0642. The molecule has 1 unspecified atom stereocenters. The van der Waals surface area contributed by atoms with Crippen LogP contribution in [-0.4, -0.2) is 39.6 Å². The number of carbonyl (C=O) groups excluding carboxylic acids is 1. The van der Waals surface area contributed by atoms with E-state index in [0.717, 1.165) is 18.4 Å². The molecule has 1 aliphatic carbocycles. The van der Waals surface area contributed by atoms with Gasteiger partial charge in [-0.3, -0.25) is 4.79 Å². The summed E-state index contributed by atoms with van der Waals surface area (Å²) in [6.07, 6.45) is 1.65. The molecule has 100 valence electrons. The van der Waals surface area contributed by atoms with E-state index in [1.165, 1.54) is 16.7 Å². The Kier molecular flexibility index (Phi) is 3.01. The van der Waals surface area contributed by atoms with Gasteiger partial charge in [0, 0.05) is 5.75 Å². The number of rotatable bonds is 3. The van der Waals surface area contributed by atoms with Crippen LogP contribution >= 0.6 is 11.8 Å². The van der Waals surface area contributed by atoms with E-state index in [4.69, 9.17) is 0 Å². The highest BCUT2D eigenvalue weighted by molar-refractivity contribution is 7.99. The fourth-order valence-electron chi connectivity index (χ4n) is 2.63. The van der Waals surface area contributed by atoms with Crippen molar-refractivity contribution in [2.45, 2.75) is 24.3 Å². The number of carboxylic acids is 1. The Hall–Kier alpha value is -1.49. The molecule has 1 saturated carbocycles. The Labute approximate surface area is 115 Å². The first kappa shape index (κ1) is 12.5. The lowest BCUT2D eigenvalue weighted by Gasteiger charge is -2.26. The molecule has 2 aliphatic rings. The molecule has 1 heterocycles. The van der Waals surface area contributed by atoms with E-state index in [0.29, 0.717) is 11.6 Å². The molecule has 1 atom stereocenters. The minimum Gasteiger partial charge on any atom is -0.480 e. The van der Waals surface area contributed by atoms with Crippen LogP contribution in [0.2, 0.25) is 0 Å². The van der Waals surface area contributed by atoms with Crippen molar-refractivity contribution in [1.82, 2.24) is 4.90 Å². The van der Waals surface area contributed by atoms with E-state index in [2.05, 4.69) is 0 Å². The molecule has 0 bridgehead atoms. The van der Waals surface area contributed by atoms with Crippen LogP contribution in [0, 0.1) is 0 Å². The summed E-state index contributed by atoms with van der Waals surface area (Å²) in [6, 6.07) is 9.04. The first-order valence-corrected chi connectivity index (χ1v) is 7.48. The lowest BCUT2D eigenvalue weighted by atomic mass is 9.94. The SMILES string of the molecule is O=C(O)C1CSCN1C(=O)C1(c2ccccc2)CC1. The molecule has 19 heavy (non-hydrogen) atoms. The van der Waals surface area contributed by atoms with Crippen LogP contribution in [0.4, 0.5) is 0 Å². The number of hydrogen-bond acceptors (Lipinski definition) is 3. The van der Waals surface area contributed by atoms with Gasteiger partial charge in [-0.25, -0.2) is 4.79 Å². The van der Waals surface area contributed by atoms with Crippen LogP contribution in [-0.2, 0) is 15.0 Å². The fraction of sp³-hybridized carbons (Fsp3) is 0.429. The number of carboxylic acid groups (broad SMARTS) is 1. The van der Waals surface area contributed by atoms with Gasteiger partial charge in [0.15, 0.2) is 0 Å². The third-order valence-electron chi connectivity index (χ3n) is 3.91. The highest BCUT2D eigenvalue weighted by Crippen LogP contribution is 2.50.